The number of hydrogen-bond acceptors (Lipinski definition) is 2. The summed E-state index contributed by atoms with van der Waals surface area (Å²) in [7, 11) is -0.419. The Bertz CT molecular complexity index is 167. The number of hydrogen-bond donors (Lipinski definition) is 0. The minimum absolute atomic E-state index is 0.160. The van der Waals surface area contributed by atoms with Crippen molar-refractivity contribution in [3.8, 4) is 0 Å². The summed E-state index contributed by atoms with van der Waals surface area (Å²) >= 11 is 0. The van der Waals surface area contributed by atoms with E-state index in [1.807, 2.05) is 6.92 Å². The van der Waals surface area contributed by atoms with Crippen molar-refractivity contribution < 1.29 is 9.16 Å². The molecule has 0 fully saturated rings. The smallest absolute Gasteiger partial charge is 0.167 e. The van der Waals surface area contributed by atoms with E-state index in [0.29, 0.717) is 5.04 Å². The molecule has 15 heavy (non-hydrogen) atoms. The van der Waals surface area contributed by atoms with Gasteiger partial charge in [0.1, 0.15) is 0 Å². The summed E-state index contributed by atoms with van der Waals surface area (Å²) in [6, 6.07) is 0. The Labute approximate surface area is 97.7 Å². The van der Waals surface area contributed by atoms with Crippen molar-refractivity contribution in [1.29, 1.82) is 0 Å². The summed E-state index contributed by atoms with van der Waals surface area (Å²) in [5.41, 5.74) is 0.160. The lowest BCUT2D eigenvalue weighted by atomic mass is 9.97. The average Bonchev–Trinajstić information content (AvgIpc) is 2.14. The third-order valence-corrected chi connectivity index (χ3v) is 4.33. The SMILES string of the molecule is CCOCC(C)(C)CO[SiH2]C(C)(C)CC. The van der Waals surface area contributed by atoms with Crippen LogP contribution in [0.4, 0.5) is 0 Å². The third kappa shape index (κ3) is 8.00. The van der Waals surface area contributed by atoms with Crippen molar-refractivity contribution in [2.24, 2.45) is 5.41 Å². The monoisotopic (exact) mass is 232 g/mol. The van der Waals surface area contributed by atoms with E-state index in [9.17, 15) is 0 Å². The maximum absolute atomic E-state index is 5.91. The highest BCUT2D eigenvalue weighted by molar-refractivity contribution is 6.31. The molecule has 0 heterocycles. The van der Waals surface area contributed by atoms with Crippen LogP contribution in [0.2, 0.25) is 5.04 Å². The van der Waals surface area contributed by atoms with E-state index in [1.165, 1.54) is 6.42 Å². The minimum Gasteiger partial charge on any atom is -0.423 e. The molecule has 0 aliphatic rings. The first-order valence-corrected chi connectivity index (χ1v) is 7.27. The lowest BCUT2D eigenvalue weighted by Crippen LogP contribution is -2.28. The van der Waals surface area contributed by atoms with Crippen LogP contribution in [-0.2, 0) is 9.16 Å². The van der Waals surface area contributed by atoms with Crippen molar-refractivity contribution in [1.82, 2.24) is 0 Å². The second-order valence-electron chi connectivity index (χ2n) is 5.81. The maximum Gasteiger partial charge on any atom is 0.167 e. The first-order valence-electron chi connectivity index (χ1n) is 5.98. The van der Waals surface area contributed by atoms with Gasteiger partial charge >= 0.3 is 0 Å². The Hall–Kier alpha value is 0.137. The van der Waals surface area contributed by atoms with E-state index in [0.717, 1.165) is 19.8 Å². The van der Waals surface area contributed by atoms with Crippen molar-refractivity contribution in [3.05, 3.63) is 0 Å². The van der Waals surface area contributed by atoms with Crippen LogP contribution < -0.4 is 0 Å². The molecule has 0 atom stereocenters. The summed E-state index contributed by atoms with van der Waals surface area (Å²) < 4.78 is 11.4. The molecule has 0 radical (unpaired) electrons. The highest BCUT2D eigenvalue weighted by atomic mass is 28.2. The second kappa shape index (κ2) is 6.66. The first-order chi connectivity index (χ1) is 6.83. The van der Waals surface area contributed by atoms with Crippen LogP contribution in [0.5, 0.6) is 0 Å². The van der Waals surface area contributed by atoms with Crippen molar-refractivity contribution in [2.45, 2.75) is 53.0 Å². The van der Waals surface area contributed by atoms with E-state index >= 15 is 0 Å². The van der Waals surface area contributed by atoms with E-state index in [-0.39, 0.29) is 5.41 Å². The third-order valence-electron chi connectivity index (χ3n) is 2.64. The zero-order valence-corrected chi connectivity index (χ0v) is 12.8. The minimum atomic E-state index is -0.419. The van der Waals surface area contributed by atoms with Crippen LogP contribution in [-0.4, -0.2) is 29.6 Å². The van der Waals surface area contributed by atoms with Gasteiger partial charge in [0.15, 0.2) is 9.76 Å². The average molecular weight is 232 g/mol. The van der Waals surface area contributed by atoms with Gasteiger partial charge in [-0.15, -0.1) is 0 Å². The Morgan fingerprint density at radius 1 is 1.00 bits per heavy atom. The lowest BCUT2D eigenvalue weighted by molar-refractivity contribution is 0.0407. The number of rotatable bonds is 8. The summed E-state index contributed by atoms with van der Waals surface area (Å²) in [5, 5.41) is 0.432. The van der Waals surface area contributed by atoms with Gasteiger partial charge in [0, 0.05) is 18.6 Å². The predicted molar refractivity (Wildman–Crippen MR) is 69.1 cm³/mol. The van der Waals surface area contributed by atoms with Crippen LogP contribution in [0.1, 0.15) is 48.0 Å². The molecule has 0 N–H and O–H groups in total. The van der Waals surface area contributed by atoms with Gasteiger partial charge in [-0.2, -0.15) is 0 Å². The largest absolute Gasteiger partial charge is 0.423 e. The van der Waals surface area contributed by atoms with E-state index in [2.05, 4.69) is 34.6 Å². The van der Waals surface area contributed by atoms with E-state index < -0.39 is 9.76 Å². The predicted octanol–water partition coefficient (Wildman–Crippen LogP) is 2.76. The van der Waals surface area contributed by atoms with Gasteiger partial charge in [-0.25, -0.2) is 0 Å². The molecule has 0 saturated carbocycles. The molecule has 0 saturated heterocycles. The van der Waals surface area contributed by atoms with E-state index in [4.69, 9.17) is 9.16 Å². The number of ether oxygens (including phenoxy) is 1. The molecule has 0 amide bonds. The molecule has 0 aromatic heterocycles. The Balaban J connectivity index is 3.74. The van der Waals surface area contributed by atoms with Crippen molar-refractivity contribution in [3.63, 3.8) is 0 Å². The maximum atomic E-state index is 5.91. The van der Waals surface area contributed by atoms with Gasteiger partial charge in [0.25, 0.3) is 0 Å². The molecule has 0 spiro atoms. The lowest BCUT2D eigenvalue weighted by Gasteiger charge is -2.27. The van der Waals surface area contributed by atoms with Crippen LogP contribution in [0.15, 0.2) is 0 Å². The van der Waals surface area contributed by atoms with Gasteiger partial charge < -0.3 is 9.16 Å². The molecule has 0 unspecified atom stereocenters. The highest BCUT2D eigenvalue weighted by Crippen LogP contribution is 2.27. The molecule has 92 valence electrons. The molecule has 3 heteroatoms. The van der Waals surface area contributed by atoms with Crippen LogP contribution in [0.3, 0.4) is 0 Å². The standard InChI is InChI=1S/C12H28O2Si/c1-7-12(5,6)15-14-10-11(3,4)9-13-8-2/h7-10,15H2,1-6H3. The van der Waals surface area contributed by atoms with Gasteiger partial charge in [0.05, 0.1) is 6.61 Å². The second-order valence-corrected chi connectivity index (χ2v) is 8.42. The zero-order chi connectivity index (χ0) is 11.9. The van der Waals surface area contributed by atoms with Crippen LogP contribution in [0, 0.1) is 5.41 Å². The topological polar surface area (TPSA) is 18.5 Å². The quantitative estimate of drug-likeness (QED) is 0.599. The van der Waals surface area contributed by atoms with Gasteiger partial charge in [-0.3, -0.25) is 0 Å². The normalized spacial score (nSPS) is 14.0. The van der Waals surface area contributed by atoms with E-state index in [1.54, 1.807) is 0 Å². The van der Waals surface area contributed by atoms with Gasteiger partial charge in [-0.1, -0.05) is 41.0 Å². The molecule has 0 bridgehead atoms. The van der Waals surface area contributed by atoms with Crippen molar-refractivity contribution in [2.75, 3.05) is 19.8 Å². The molecule has 2 nitrogen and oxygen atoms in total. The Kier molecular flexibility index (Phi) is 6.72. The summed E-state index contributed by atoms with van der Waals surface area (Å²) in [6.07, 6.45) is 1.21. The van der Waals surface area contributed by atoms with Crippen molar-refractivity contribution >= 4 is 9.76 Å². The molecular weight excluding hydrogens is 204 g/mol. The Morgan fingerprint density at radius 3 is 2.07 bits per heavy atom. The molecule has 0 aromatic rings. The molecule has 0 rings (SSSR count). The van der Waals surface area contributed by atoms with Crippen LogP contribution >= 0.6 is 0 Å². The van der Waals surface area contributed by atoms with Crippen LogP contribution in [0.25, 0.3) is 0 Å². The first kappa shape index (κ1) is 15.1. The summed E-state index contributed by atoms with van der Waals surface area (Å²) in [5.74, 6) is 0. The molecule has 0 aliphatic heterocycles. The Morgan fingerprint density at radius 2 is 1.60 bits per heavy atom. The summed E-state index contributed by atoms with van der Waals surface area (Å²) in [4.78, 5) is 0. The zero-order valence-electron chi connectivity index (χ0n) is 11.4. The fourth-order valence-corrected chi connectivity index (χ4v) is 2.54. The molecular formula is C12H28O2Si. The molecule has 0 aliphatic carbocycles. The fraction of sp³-hybridized carbons (Fsp3) is 1.00. The van der Waals surface area contributed by atoms with Gasteiger partial charge in [-0.05, 0) is 12.0 Å². The highest BCUT2D eigenvalue weighted by Gasteiger charge is 2.21. The summed E-state index contributed by atoms with van der Waals surface area (Å²) in [6.45, 7) is 15.7. The fourth-order valence-electron chi connectivity index (χ4n) is 1.13. The molecule has 0 aromatic carbocycles. The van der Waals surface area contributed by atoms with Gasteiger partial charge in [0.2, 0.25) is 0 Å².